The Hall–Kier alpha value is -1.41. The van der Waals surface area contributed by atoms with Gasteiger partial charge in [-0.25, -0.2) is 0 Å². The van der Waals surface area contributed by atoms with E-state index in [0.717, 1.165) is 36.1 Å². The summed E-state index contributed by atoms with van der Waals surface area (Å²) in [6.45, 7) is 5.28. The number of carbonyl (C=O) groups is 1. The summed E-state index contributed by atoms with van der Waals surface area (Å²) >= 11 is 1.42. The van der Waals surface area contributed by atoms with Crippen LogP contribution in [0.2, 0.25) is 0 Å². The molecule has 6 rings (SSSR count). The van der Waals surface area contributed by atoms with Crippen molar-refractivity contribution >= 4 is 45.6 Å². The second-order valence-electron chi connectivity index (χ2n) is 8.02. The molecule has 4 aliphatic rings. The fraction of sp³-hybridized carbons (Fsp3) is 0.600. The van der Waals surface area contributed by atoms with Gasteiger partial charge in [-0.05, 0) is 68.0 Å². The van der Waals surface area contributed by atoms with Crippen LogP contribution < -0.4 is 10.2 Å². The highest BCUT2D eigenvalue weighted by atomic mass is 35.5. The van der Waals surface area contributed by atoms with Crippen molar-refractivity contribution in [2.24, 2.45) is 5.92 Å². The van der Waals surface area contributed by atoms with Gasteiger partial charge in [-0.3, -0.25) is 4.79 Å². The van der Waals surface area contributed by atoms with Gasteiger partial charge in [0.1, 0.15) is 5.69 Å². The third-order valence-electron chi connectivity index (χ3n) is 6.49. The molecule has 1 unspecified atom stereocenters. The van der Waals surface area contributed by atoms with Gasteiger partial charge < -0.3 is 19.9 Å². The molecule has 6 nitrogen and oxygen atoms in total. The quantitative estimate of drug-likeness (QED) is 0.821. The number of nitrogens with zero attached hydrogens (tertiary/aromatic N) is 3. The first-order chi connectivity index (χ1) is 13.2. The van der Waals surface area contributed by atoms with Crippen molar-refractivity contribution < 1.29 is 9.53 Å². The fourth-order valence-corrected chi connectivity index (χ4v) is 5.61. The molecule has 0 spiro atoms. The summed E-state index contributed by atoms with van der Waals surface area (Å²) in [4.78, 5) is 17.7. The number of hydrogen-bond donors (Lipinski definition) is 1. The van der Waals surface area contributed by atoms with E-state index in [-0.39, 0.29) is 24.4 Å². The summed E-state index contributed by atoms with van der Waals surface area (Å²) in [6, 6.07) is 6.60. The molecular formula is C20H27ClN4O2S. The lowest BCUT2D eigenvalue weighted by atomic mass is 9.84. The SMILES string of the molecule is COC1CCN(c2ccc3c(C(=O)N[C@H]4CN5CCC4CC5)nsc3c2)C1.Cl. The number of amides is 1. The maximum absolute atomic E-state index is 12.9. The number of carbonyl (C=O) groups excluding carboxylic acids is 1. The molecular weight excluding hydrogens is 396 g/mol. The van der Waals surface area contributed by atoms with Crippen molar-refractivity contribution in [2.75, 3.05) is 44.7 Å². The third-order valence-corrected chi connectivity index (χ3v) is 7.30. The summed E-state index contributed by atoms with van der Waals surface area (Å²) in [5.74, 6) is 0.604. The van der Waals surface area contributed by atoms with E-state index in [1.165, 1.54) is 43.2 Å². The van der Waals surface area contributed by atoms with Crippen molar-refractivity contribution in [3.63, 3.8) is 0 Å². The number of nitrogens with one attached hydrogen (secondary N) is 1. The lowest BCUT2D eigenvalue weighted by molar-refractivity contribution is 0.0619. The second-order valence-corrected chi connectivity index (χ2v) is 8.83. The number of anilines is 1. The van der Waals surface area contributed by atoms with E-state index in [1.54, 1.807) is 7.11 Å². The number of ether oxygens (including phenoxy) is 1. The smallest absolute Gasteiger partial charge is 0.271 e. The predicted octanol–water partition coefficient (Wildman–Crippen LogP) is 2.77. The summed E-state index contributed by atoms with van der Waals surface area (Å²) in [7, 11) is 1.78. The number of fused-ring (bicyclic) bond motifs is 4. The molecule has 4 saturated heterocycles. The molecule has 4 fully saturated rings. The summed E-state index contributed by atoms with van der Waals surface area (Å²) in [5.41, 5.74) is 1.77. The maximum atomic E-state index is 12.9. The maximum Gasteiger partial charge on any atom is 0.271 e. The van der Waals surface area contributed by atoms with Crippen LogP contribution >= 0.6 is 23.9 Å². The molecule has 2 aromatic rings. The summed E-state index contributed by atoms with van der Waals surface area (Å²) in [6.07, 6.45) is 3.77. The van der Waals surface area contributed by atoms with Crippen LogP contribution in [0.1, 0.15) is 29.8 Å². The second kappa shape index (κ2) is 8.14. The zero-order valence-corrected chi connectivity index (χ0v) is 17.7. The molecule has 1 amide bonds. The Kier molecular flexibility index (Phi) is 5.78. The first kappa shape index (κ1) is 19.9. The van der Waals surface area contributed by atoms with Gasteiger partial charge in [0.2, 0.25) is 0 Å². The molecule has 2 atom stereocenters. The Balaban J connectivity index is 0.00000192. The molecule has 0 radical (unpaired) electrons. The van der Waals surface area contributed by atoms with Gasteiger partial charge in [0, 0.05) is 43.9 Å². The van der Waals surface area contributed by atoms with Crippen molar-refractivity contribution in [2.45, 2.75) is 31.4 Å². The Morgan fingerprint density at radius 1 is 1.21 bits per heavy atom. The van der Waals surface area contributed by atoms with Crippen molar-refractivity contribution in [1.29, 1.82) is 0 Å². The molecule has 152 valence electrons. The Bertz CT molecular complexity index is 852. The number of piperidine rings is 3. The predicted molar refractivity (Wildman–Crippen MR) is 115 cm³/mol. The standard InChI is InChI=1S/C20H26N4O2S.ClH/c1-26-15-6-9-24(11-15)14-2-3-16-18(10-14)27-22-19(16)20(25)21-17-12-23-7-4-13(17)5-8-23;/h2-3,10,13,15,17H,4-9,11-12H2,1H3,(H,21,25);1H/t15?,17-;/m0./s1. The Labute approximate surface area is 175 Å². The summed E-state index contributed by atoms with van der Waals surface area (Å²) in [5, 5.41) is 4.23. The first-order valence-electron chi connectivity index (χ1n) is 9.91. The van der Waals surface area contributed by atoms with Crippen LogP contribution in [-0.4, -0.2) is 67.2 Å². The molecule has 0 aliphatic carbocycles. The van der Waals surface area contributed by atoms with Crippen LogP contribution in [0.15, 0.2) is 18.2 Å². The van der Waals surface area contributed by atoms with Crippen molar-refractivity contribution in [3.8, 4) is 0 Å². The van der Waals surface area contributed by atoms with Crippen molar-refractivity contribution in [3.05, 3.63) is 23.9 Å². The zero-order chi connectivity index (χ0) is 18.4. The molecule has 8 heteroatoms. The van der Waals surface area contributed by atoms with E-state index in [2.05, 4.69) is 37.7 Å². The molecule has 4 aliphatic heterocycles. The molecule has 0 saturated carbocycles. The minimum atomic E-state index is -0.0200. The highest BCUT2D eigenvalue weighted by Gasteiger charge is 2.35. The van der Waals surface area contributed by atoms with Crippen LogP contribution in [0.25, 0.3) is 10.1 Å². The van der Waals surface area contributed by atoms with Crippen molar-refractivity contribution in [1.82, 2.24) is 14.6 Å². The van der Waals surface area contributed by atoms with Gasteiger partial charge in [0.05, 0.1) is 10.8 Å². The lowest BCUT2D eigenvalue weighted by Gasteiger charge is -2.44. The fourth-order valence-electron chi connectivity index (χ4n) is 4.81. The topological polar surface area (TPSA) is 57.7 Å². The van der Waals surface area contributed by atoms with Gasteiger partial charge in [0.15, 0.2) is 0 Å². The molecule has 5 heterocycles. The number of aromatic nitrogens is 1. The number of rotatable bonds is 4. The minimum absolute atomic E-state index is 0. The summed E-state index contributed by atoms with van der Waals surface area (Å²) < 4.78 is 11.0. The number of benzene rings is 1. The van der Waals surface area contributed by atoms with Crippen LogP contribution in [0.5, 0.6) is 0 Å². The molecule has 1 N–H and O–H groups in total. The van der Waals surface area contributed by atoms with Gasteiger partial charge >= 0.3 is 0 Å². The molecule has 28 heavy (non-hydrogen) atoms. The van der Waals surface area contributed by atoms with E-state index in [9.17, 15) is 4.79 Å². The third kappa shape index (κ3) is 3.61. The van der Waals surface area contributed by atoms with Gasteiger partial charge in [-0.2, -0.15) is 4.37 Å². The number of hydrogen-bond acceptors (Lipinski definition) is 6. The number of halogens is 1. The average molecular weight is 423 g/mol. The largest absolute Gasteiger partial charge is 0.380 e. The van der Waals surface area contributed by atoms with E-state index in [1.807, 2.05) is 0 Å². The van der Waals surface area contributed by atoms with Gasteiger partial charge in [0.25, 0.3) is 5.91 Å². The monoisotopic (exact) mass is 422 g/mol. The van der Waals surface area contributed by atoms with Crippen LogP contribution in [0.4, 0.5) is 5.69 Å². The average Bonchev–Trinajstić information content (AvgIpc) is 3.35. The number of methoxy groups -OCH3 is 1. The van der Waals surface area contributed by atoms with Crippen LogP contribution in [0, 0.1) is 5.92 Å². The minimum Gasteiger partial charge on any atom is -0.380 e. The van der Waals surface area contributed by atoms with Crippen LogP contribution in [0.3, 0.4) is 0 Å². The van der Waals surface area contributed by atoms with E-state index in [4.69, 9.17) is 4.74 Å². The normalized spacial score (nSPS) is 29.1. The molecule has 2 bridgehead atoms. The van der Waals surface area contributed by atoms with Crippen LogP contribution in [-0.2, 0) is 4.74 Å². The first-order valence-corrected chi connectivity index (χ1v) is 10.7. The van der Waals surface area contributed by atoms with E-state index in [0.29, 0.717) is 17.7 Å². The van der Waals surface area contributed by atoms with Gasteiger partial charge in [-0.1, -0.05) is 0 Å². The lowest BCUT2D eigenvalue weighted by Crippen LogP contribution is -2.57. The van der Waals surface area contributed by atoms with Gasteiger partial charge in [-0.15, -0.1) is 12.4 Å². The van der Waals surface area contributed by atoms with E-state index >= 15 is 0 Å². The Morgan fingerprint density at radius 2 is 2.04 bits per heavy atom. The molecule has 1 aromatic heterocycles. The highest BCUT2D eigenvalue weighted by molar-refractivity contribution is 7.13. The Morgan fingerprint density at radius 3 is 2.71 bits per heavy atom. The molecule has 1 aromatic carbocycles. The zero-order valence-electron chi connectivity index (χ0n) is 16.1. The highest BCUT2D eigenvalue weighted by Crippen LogP contribution is 2.31. The van der Waals surface area contributed by atoms with E-state index < -0.39 is 0 Å².